The third-order valence-electron chi connectivity index (χ3n) is 3.96. The van der Waals surface area contributed by atoms with Crippen LogP contribution in [0.3, 0.4) is 0 Å². The Balaban J connectivity index is 0.000000624. The monoisotopic (exact) mass is 558 g/mol. The van der Waals surface area contributed by atoms with Crippen molar-refractivity contribution >= 4 is 24.2 Å². The van der Waals surface area contributed by atoms with Gasteiger partial charge in [0.05, 0.1) is 0 Å². The molecule has 2 heterocycles. The van der Waals surface area contributed by atoms with E-state index in [9.17, 15) is 18.4 Å². The molecular weight excluding hydrogens is 545 g/mol. The minimum atomic E-state index is -0.848. The largest absolute Gasteiger partial charge is 1.00 e. The molecule has 38 heavy (non-hydrogen) atoms. The van der Waals surface area contributed by atoms with E-state index in [4.69, 9.17) is 30.5 Å². The summed E-state index contributed by atoms with van der Waals surface area (Å²) in [6.07, 6.45) is 0. The average molecular weight is 559 g/mol. The first-order valence-electron chi connectivity index (χ1n) is 9.33. The first-order valence-corrected chi connectivity index (χ1v) is 9.33. The van der Waals surface area contributed by atoms with Gasteiger partial charge >= 0.3 is 29.6 Å². The molecule has 192 valence electrons. The van der Waals surface area contributed by atoms with Crippen molar-refractivity contribution in [1.29, 1.82) is 0 Å². The number of rotatable bonds is 4. The number of nitrogen functional groups attached to an aromatic ring is 1. The SMILES string of the molecule is Cl.NNC(=O)c1cc(-c2cccc(F)c2)on1.O=N[O-].[N-]=[N+]=NC(=O)c1cc(-c2cccc(F)c2)on1.[Na+]. The van der Waals surface area contributed by atoms with E-state index < -0.39 is 23.4 Å². The van der Waals surface area contributed by atoms with E-state index in [0.717, 1.165) is 5.34 Å². The minimum absolute atomic E-state index is 0. The molecule has 18 heteroatoms. The number of hydrogen-bond acceptors (Lipinski definition) is 10. The quantitative estimate of drug-likeness (QED) is 0.0542. The molecule has 0 atom stereocenters. The van der Waals surface area contributed by atoms with Crippen LogP contribution in [0.2, 0.25) is 0 Å². The van der Waals surface area contributed by atoms with Crippen LogP contribution in [0.4, 0.5) is 8.78 Å². The zero-order valence-electron chi connectivity index (χ0n) is 19.1. The summed E-state index contributed by atoms with van der Waals surface area (Å²) in [4.78, 5) is 32.6. The van der Waals surface area contributed by atoms with Gasteiger partial charge < -0.3 is 19.2 Å². The van der Waals surface area contributed by atoms with Gasteiger partial charge in [-0.1, -0.05) is 34.6 Å². The molecule has 0 saturated heterocycles. The Hall–Kier alpha value is -4.18. The van der Waals surface area contributed by atoms with Crippen molar-refractivity contribution in [2.45, 2.75) is 0 Å². The van der Waals surface area contributed by atoms with Crippen LogP contribution >= 0.6 is 12.4 Å². The summed E-state index contributed by atoms with van der Waals surface area (Å²) < 4.78 is 35.6. The Morgan fingerprint density at radius 1 is 0.947 bits per heavy atom. The van der Waals surface area contributed by atoms with Crippen LogP contribution in [0.1, 0.15) is 21.0 Å². The fourth-order valence-electron chi connectivity index (χ4n) is 2.48. The number of carbonyl (C=O) groups is 2. The molecule has 0 fully saturated rings. The van der Waals surface area contributed by atoms with Gasteiger partial charge in [0.25, 0.3) is 11.8 Å². The number of hydrogen-bond donors (Lipinski definition) is 2. The fourth-order valence-corrected chi connectivity index (χ4v) is 2.48. The van der Waals surface area contributed by atoms with Gasteiger partial charge in [-0.05, 0) is 34.9 Å². The number of hydrazine groups is 1. The van der Waals surface area contributed by atoms with E-state index in [2.05, 4.69) is 20.3 Å². The third-order valence-corrected chi connectivity index (χ3v) is 3.96. The van der Waals surface area contributed by atoms with Crippen molar-refractivity contribution in [1.82, 2.24) is 15.7 Å². The number of aromatic nitrogens is 2. The van der Waals surface area contributed by atoms with Gasteiger partial charge in [0.1, 0.15) is 11.6 Å². The second-order valence-corrected chi connectivity index (χ2v) is 6.22. The first-order chi connectivity index (χ1) is 17.3. The maximum absolute atomic E-state index is 12.9. The molecule has 0 aliphatic heterocycles. The van der Waals surface area contributed by atoms with Crippen LogP contribution in [0.5, 0.6) is 0 Å². The number of carbonyl (C=O) groups excluding carboxylic acids is 2. The van der Waals surface area contributed by atoms with Crippen LogP contribution in [0.15, 0.2) is 80.2 Å². The number of halogens is 3. The summed E-state index contributed by atoms with van der Waals surface area (Å²) in [5, 5.41) is 18.8. The standard InChI is InChI=1S/C10H5FN4O2.C10H8FN3O2.ClH.HNO2.Na/c11-7-3-1-2-6(4-7)9-5-8(14-17-9)10(16)13-15-12;11-7-3-1-2-6(4-7)9-5-8(14-16-9)10(15)13-12;;2-1-3;/h1-5H;1-5H,12H2,(H,13,15);1H;(H,2,3);/q;;;;+1/p-1. The third kappa shape index (κ3) is 10.1. The van der Waals surface area contributed by atoms with Gasteiger partial charge in [0.15, 0.2) is 22.9 Å². The van der Waals surface area contributed by atoms with Crippen molar-refractivity contribution in [3.05, 3.63) is 104 Å². The van der Waals surface area contributed by atoms with E-state index in [0.29, 0.717) is 16.9 Å². The second-order valence-electron chi connectivity index (χ2n) is 6.22. The van der Waals surface area contributed by atoms with Gasteiger partial charge in [0, 0.05) is 28.2 Å². The number of benzene rings is 2. The van der Waals surface area contributed by atoms with E-state index in [1.807, 2.05) is 5.43 Å². The Morgan fingerprint density at radius 3 is 1.82 bits per heavy atom. The number of nitrogens with two attached hydrogens (primary N) is 1. The summed E-state index contributed by atoms with van der Waals surface area (Å²) in [7, 11) is 0. The first kappa shape index (κ1) is 33.8. The Labute approximate surface area is 239 Å². The van der Waals surface area contributed by atoms with Gasteiger partial charge in [0.2, 0.25) is 0 Å². The number of nitrogens with one attached hydrogen (secondary N) is 1. The van der Waals surface area contributed by atoms with Gasteiger partial charge in [-0.25, -0.2) is 14.6 Å². The molecule has 0 radical (unpaired) electrons. The molecule has 0 aliphatic rings. The molecule has 0 saturated carbocycles. The molecule has 4 rings (SSSR count). The second kappa shape index (κ2) is 17.3. The topological polar surface area (TPSA) is 225 Å². The summed E-state index contributed by atoms with van der Waals surface area (Å²) in [5.74, 6) is 3.23. The number of amides is 2. The van der Waals surface area contributed by atoms with Gasteiger partial charge in [-0.15, -0.1) is 17.7 Å². The summed E-state index contributed by atoms with van der Waals surface area (Å²) in [6.45, 7) is 0. The fraction of sp³-hybridized carbons (Fsp3) is 0. The van der Waals surface area contributed by atoms with Crippen LogP contribution in [0, 0.1) is 21.7 Å². The molecule has 2 aromatic carbocycles. The van der Waals surface area contributed by atoms with Gasteiger partial charge in [-0.3, -0.25) is 15.0 Å². The predicted molar refractivity (Wildman–Crippen MR) is 125 cm³/mol. The molecule has 0 spiro atoms. The molecule has 4 aromatic rings. The molecule has 2 aromatic heterocycles. The Bertz CT molecular complexity index is 1410. The zero-order valence-corrected chi connectivity index (χ0v) is 22.0. The van der Waals surface area contributed by atoms with Crippen LogP contribution in [-0.4, -0.2) is 22.1 Å². The summed E-state index contributed by atoms with van der Waals surface area (Å²) in [5.41, 5.74) is 10.9. The van der Waals surface area contributed by atoms with Crippen molar-refractivity contribution in [2.75, 3.05) is 0 Å². The Morgan fingerprint density at radius 2 is 1.39 bits per heavy atom. The van der Waals surface area contributed by atoms with E-state index >= 15 is 0 Å². The van der Waals surface area contributed by atoms with Crippen molar-refractivity contribution in [2.24, 2.45) is 16.3 Å². The molecule has 0 unspecified atom stereocenters. The molecule has 2 amide bonds. The van der Waals surface area contributed by atoms with E-state index in [1.54, 1.807) is 12.1 Å². The molecular formula is C20H14ClF2N8NaO6. The van der Waals surface area contributed by atoms with Gasteiger partial charge in [-0.2, -0.15) is 0 Å². The summed E-state index contributed by atoms with van der Waals surface area (Å²) in [6, 6.07) is 14.1. The maximum Gasteiger partial charge on any atom is 1.00 e. The molecule has 3 N–H and O–H groups in total. The molecule has 0 bridgehead atoms. The number of nitrogens with zero attached hydrogens (tertiary/aromatic N) is 6. The van der Waals surface area contributed by atoms with Crippen LogP contribution in [-0.2, 0) is 0 Å². The minimum Gasteiger partial charge on any atom is -0.444 e. The number of azide groups is 1. The zero-order chi connectivity index (χ0) is 26.5. The average Bonchev–Trinajstić information content (AvgIpc) is 3.55. The predicted octanol–water partition coefficient (Wildman–Crippen LogP) is 1.69. The van der Waals surface area contributed by atoms with Crippen LogP contribution < -0.4 is 40.8 Å². The summed E-state index contributed by atoms with van der Waals surface area (Å²) >= 11 is 0. The van der Waals surface area contributed by atoms with Crippen LogP contribution in [0.25, 0.3) is 33.1 Å². The maximum atomic E-state index is 12.9. The normalized spacial score (nSPS) is 8.92. The molecule has 0 aliphatic carbocycles. The smallest absolute Gasteiger partial charge is 0.444 e. The van der Waals surface area contributed by atoms with E-state index in [-0.39, 0.29) is 59.1 Å². The van der Waals surface area contributed by atoms with Crippen molar-refractivity contribution in [3.63, 3.8) is 0 Å². The molecule has 14 nitrogen and oxygen atoms in total. The van der Waals surface area contributed by atoms with Crippen molar-refractivity contribution < 1.29 is 57.0 Å². The van der Waals surface area contributed by atoms with Crippen molar-refractivity contribution in [3.8, 4) is 22.6 Å². The van der Waals surface area contributed by atoms with E-state index in [1.165, 1.54) is 48.5 Å². The Kier molecular flexibility index (Phi) is 15.4.